The molecule has 3 aromatic rings. The van der Waals surface area contributed by atoms with Crippen LogP contribution in [0.25, 0.3) is 0 Å². The second-order valence-electron chi connectivity index (χ2n) is 6.42. The molecule has 1 atom stereocenters. The van der Waals surface area contributed by atoms with E-state index in [9.17, 15) is 13.2 Å². The molecule has 148 valence electrons. The van der Waals surface area contributed by atoms with Gasteiger partial charge in [0.25, 0.3) is 0 Å². The number of fused-ring (bicyclic) bond motifs is 1. The van der Waals surface area contributed by atoms with Gasteiger partial charge in [-0.25, -0.2) is 4.99 Å². The molecule has 4 nitrogen and oxygen atoms in total. The largest absolute Gasteiger partial charge is 0.497 e. The van der Waals surface area contributed by atoms with E-state index in [0.717, 1.165) is 0 Å². The van der Waals surface area contributed by atoms with Crippen LogP contribution in [0.1, 0.15) is 11.1 Å². The standard InChI is InChI=1S/C22H17F3N2O2/c1-28-17-12-13-18-19(14-17)29-21(22(23,24)25,15-8-4-2-5-9-15)27-20(18)26-16-10-6-3-7-11-16/h2-14H,1H3,(H,26,27). The van der Waals surface area contributed by atoms with E-state index in [1.807, 2.05) is 6.07 Å². The van der Waals surface area contributed by atoms with Gasteiger partial charge in [0.05, 0.1) is 12.7 Å². The van der Waals surface area contributed by atoms with Crippen molar-refractivity contribution in [2.24, 2.45) is 4.99 Å². The van der Waals surface area contributed by atoms with Crippen molar-refractivity contribution in [3.63, 3.8) is 0 Å². The normalized spacial score (nSPS) is 18.3. The lowest BCUT2D eigenvalue weighted by Crippen LogP contribution is -2.49. The summed E-state index contributed by atoms with van der Waals surface area (Å²) >= 11 is 0. The summed E-state index contributed by atoms with van der Waals surface area (Å²) < 4.78 is 53.9. The fourth-order valence-electron chi connectivity index (χ4n) is 3.14. The minimum Gasteiger partial charge on any atom is -0.497 e. The highest BCUT2D eigenvalue weighted by molar-refractivity contribution is 6.11. The molecule has 0 aliphatic carbocycles. The summed E-state index contributed by atoms with van der Waals surface area (Å²) in [5, 5.41) is 3.00. The molecule has 0 bridgehead atoms. The Bertz CT molecular complexity index is 1040. The van der Waals surface area contributed by atoms with E-state index in [1.54, 1.807) is 42.5 Å². The molecule has 0 radical (unpaired) electrons. The third-order valence-corrected chi connectivity index (χ3v) is 4.56. The van der Waals surface area contributed by atoms with E-state index in [4.69, 9.17) is 9.47 Å². The highest BCUT2D eigenvalue weighted by Crippen LogP contribution is 2.48. The van der Waals surface area contributed by atoms with E-state index < -0.39 is 11.9 Å². The number of aliphatic imine (C=N–C) groups is 1. The van der Waals surface area contributed by atoms with E-state index in [0.29, 0.717) is 17.0 Å². The summed E-state index contributed by atoms with van der Waals surface area (Å²) in [6.45, 7) is 0. The minimum absolute atomic E-state index is 0.0268. The van der Waals surface area contributed by atoms with Gasteiger partial charge in [-0.15, -0.1) is 0 Å². The van der Waals surface area contributed by atoms with Crippen molar-refractivity contribution in [2.75, 3.05) is 12.4 Å². The molecular weight excluding hydrogens is 381 g/mol. The van der Waals surface area contributed by atoms with Crippen molar-refractivity contribution in [1.82, 2.24) is 0 Å². The van der Waals surface area contributed by atoms with Crippen LogP contribution in [-0.2, 0) is 5.72 Å². The molecule has 0 saturated heterocycles. The number of nitrogens with zero attached hydrogens (tertiary/aromatic N) is 1. The van der Waals surface area contributed by atoms with Crippen LogP contribution in [0.5, 0.6) is 11.5 Å². The number of rotatable bonds is 3. The molecule has 0 amide bonds. The summed E-state index contributed by atoms with van der Waals surface area (Å²) in [7, 11) is 1.44. The molecule has 0 saturated carbocycles. The first kappa shape index (κ1) is 18.9. The van der Waals surface area contributed by atoms with Crippen LogP contribution in [0.2, 0.25) is 0 Å². The first-order chi connectivity index (χ1) is 13.9. The van der Waals surface area contributed by atoms with Gasteiger partial charge >= 0.3 is 11.9 Å². The molecular formula is C22H17F3N2O2. The molecule has 7 heteroatoms. The monoisotopic (exact) mass is 398 g/mol. The highest BCUT2D eigenvalue weighted by Gasteiger charge is 2.61. The maximum atomic E-state index is 14.4. The molecule has 1 aliphatic rings. The molecule has 4 rings (SSSR count). The van der Waals surface area contributed by atoms with Crippen LogP contribution < -0.4 is 14.8 Å². The Morgan fingerprint density at radius 2 is 1.59 bits per heavy atom. The van der Waals surface area contributed by atoms with Crippen LogP contribution in [-0.4, -0.2) is 19.1 Å². The first-order valence-corrected chi connectivity index (χ1v) is 8.84. The average Bonchev–Trinajstić information content (AvgIpc) is 2.73. The summed E-state index contributed by atoms with van der Waals surface area (Å²) in [5.74, 6) is 0.467. The third-order valence-electron chi connectivity index (χ3n) is 4.56. The van der Waals surface area contributed by atoms with Crippen LogP contribution >= 0.6 is 0 Å². The maximum Gasteiger partial charge on any atom is 0.455 e. The van der Waals surface area contributed by atoms with Crippen molar-refractivity contribution < 1.29 is 22.6 Å². The van der Waals surface area contributed by atoms with Crippen LogP contribution in [0.15, 0.2) is 83.9 Å². The second-order valence-corrected chi connectivity index (χ2v) is 6.42. The predicted octanol–water partition coefficient (Wildman–Crippen LogP) is 5.36. The zero-order chi connectivity index (χ0) is 20.5. The molecule has 1 N–H and O–H groups in total. The molecule has 1 heterocycles. The highest BCUT2D eigenvalue weighted by atomic mass is 19.4. The quantitative estimate of drug-likeness (QED) is 0.646. The zero-order valence-electron chi connectivity index (χ0n) is 15.4. The average molecular weight is 398 g/mol. The Morgan fingerprint density at radius 3 is 2.21 bits per heavy atom. The number of halogens is 3. The molecule has 0 fully saturated rings. The molecule has 29 heavy (non-hydrogen) atoms. The van der Waals surface area contributed by atoms with Gasteiger partial charge in [0.1, 0.15) is 17.3 Å². The topological polar surface area (TPSA) is 42.9 Å². The van der Waals surface area contributed by atoms with Gasteiger partial charge in [-0.3, -0.25) is 0 Å². The molecule has 0 spiro atoms. The number of hydrogen-bond acceptors (Lipinski definition) is 4. The number of methoxy groups -OCH3 is 1. The van der Waals surface area contributed by atoms with Crippen molar-refractivity contribution in [1.29, 1.82) is 0 Å². The fraction of sp³-hybridized carbons (Fsp3) is 0.136. The summed E-state index contributed by atoms with van der Waals surface area (Å²) in [6, 6.07) is 21.0. The Labute approximate surface area is 165 Å². The van der Waals surface area contributed by atoms with Gasteiger partial charge in [-0.05, 0) is 24.3 Å². The Hall–Kier alpha value is -3.48. The van der Waals surface area contributed by atoms with Gasteiger partial charge in [-0.2, -0.15) is 13.2 Å². The number of para-hydroxylation sites is 1. The molecule has 1 unspecified atom stereocenters. The summed E-state index contributed by atoms with van der Waals surface area (Å²) in [4.78, 5) is 4.06. The molecule has 3 aromatic carbocycles. The van der Waals surface area contributed by atoms with Gasteiger partial charge in [0, 0.05) is 17.3 Å². The van der Waals surface area contributed by atoms with E-state index in [-0.39, 0.29) is 17.1 Å². The second kappa shape index (κ2) is 7.16. The Kier molecular flexibility index (Phi) is 4.66. The SMILES string of the molecule is COc1ccc2c(c1)OC(c1ccccc1)(C(F)(F)F)N=C2Nc1ccccc1. The number of hydrogen-bond donors (Lipinski definition) is 1. The molecule has 0 aromatic heterocycles. The van der Waals surface area contributed by atoms with E-state index in [1.165, 1.54) is 37.4 Å². The first-order valence-electron chi connectivity index (χ1n) is 8.84. The molecule has 1 aliphatic heterocycles. The van der Waals surface area contributed by atoms with E-state index in [2.05, 4.69) is 10.3 Å². The van der Waals surface area contributed by atoms with Gasteiger partial charge in [-0.1, -0.05) is 48.5 Å². The zero-order valence-corrected chi connectivity index (χ0v) is 15.4. The summed E-state index contributed by atoms with van der Waals surface area (Å²) in [6.07, 6.45) is -4.81. The van der Waals surface area contributed by atoms with Gasteiger partial charge in [0.2, 0.25) is 0 Å². The van der Waals surface area contributed by atoms with Crippen LogP contribution in [0.4, 0.5) is 18.9 Å². The summed E-state index contributed by atoms with van der Waals surface area (Å²) in [5.41, 5.74) is -1.98. The number of nitrogens with one attached hydrogen (secondary N) is 1. The van der Waals surface area contributed by atoms with Crippen molar-refractivity contribution in [3.05, 3.63) is 90.0 Å². The fourth-order valence-corrected chi connectivity index (χ4v) is 3.14. The minimum atomic E-state index is -4.81. The smallest absolute Gasteiger partial charge is 0.455 e. The number of amidine groups is 1. The Morgan fingerprint density at radius 1 is 0.931 bits per heavy atom. The lowest BCUT2D eigenvalue weighted by molar-refractivity contribution is -0.252. The Balaban J connectivity index is 1.93. The number of alkyl halides is 3. The number of ether oxygens (including phenoxy) is 2. The number of benzene rings is 3. The van der Waals surface area contributed by atoms with Gasteiger partial charge < -0.3 is 14.8 Å². The van der Waals surface area contributed by atoms with Crippen molar-refractivity contribution in [3.8, 4) is 11.5 Å². The van der Waals surface area contributed by atoms with Crippen LogP contribution in [0, 0.1) is 0 Å². The maximum absolute atomic E-state index is 14.4. The van der Waals surface area contributed by atoms with Crippen molar-refractivity contribution in [2.45, 2.75) is 11.9 Å². The van der Waals surface area contributed by atoms with Crippen molar-refractivity contribution >= 4 is 11.5 Å². The lowest BCUT2D eigenvalue weighted by Gasteiger charge is -2.37. The predicted molar refractivity (Wildman–Crippen MR) is 104 cm³/mol. The van der Waals surface area contributed by atoms with Crippen LogP contribution in [0.3, 0.4) is 0 Å². The van der Waals surface area contributed by atoms with E-state index >= 15 is 0 Å². The van der Waals surface area contributed by atoms with Gasteiger partial charge in [0.15, 0.2) is 0 Å². The lowest BCUT2D eigenvalue weighted by atomic mass is 9.99. The third kappa shape index (κ3) is 3.40. The number of anilines is 1.